The quantitative estimate of drug-likeness (QED) is 0.746. The molecular formula is C26H29N3O3. The number of benzene rings is 2. The van der Waals surface area contributed by atoms with E-state index in [0.29, 0.717) is 6.42 Å². The fraction of sp³-hybridized carbons (Fsp3) is 0.385. The molecule has 0 radical (unpaired) electrons. The van der Waals surface area contributed by atoms with E-state index in [1.165, 1.54) is 11.1 Å². The highest BCUT2D eigenvalue weighted by atomic mass is 16.5. The number of hydrogen-bond acceptors (Lipinski definition) is 4. The van der Waals surface area contributed by atoms with Gasteiger partial charge in [0.1, 0.15) is 5.75 Å². The predicted octanol–water partition coefficient (Wildman–Crippen LogP) is 3.23. The molecule has 2 aromatic rings. The van der Waals surface area contributed by atoms with E-state index >= 15 is 0 Å². The van der Waals surface area contributed by atoms with Crippen LogP contribution < -0.4 is 4.74 Å². The van der Waals surface area contributed by atoms with Crippen molar-refractivity contribution in [2.24, 2.45) is 0 Å². The molecule has 0 aromatic heterocycles. The zero-order valence-corrected chi connectivity index (χ0v) is 18.5. The van der Waals surface area contributed by atoms with Crippen LogP contribution in [-0.4, -0.2) is 59.3 Å². The van der Waals surface area contributed by atoms with Crippen molar-refractivity contribution in [3.8, 4) is 5.75 Å². The van der Waals surface area contributed by atoms with Crippen molar-refractivity contribution in [1.82, 2.24) is 14.7 Å². The second-order valence-electron chi connectivity index (χ2n) is 8.79. The molecule has 0 saturated carbocycles. The number of ether oxygens (including phenoxy) is 1. The predicted molar refractivity (Wildman–Crippen MR) is 123 cm³/mol. The van der Waals surface area contributed by atoms with E-state index in [9.17, 15) is 9.59 Å². The first kappa shape index (κ1) is 20.8. The van der Waals surface area contributed by atoms with Crippen LogP contribution in [-0.2, 0) is 22.6 Å². The van der Waals surface area contributed by atoms with Gasteiger partial charge in [-0.3, -0.25) is 14.5 Å². The van der Waals surface area contributed by atoms with Gasteiger partial charge in [0.15, 0.2) is 0 Å². The molecule has 0 N–H and O–H groups in total. The molecule has 0 unspecified atom stereocenters. The summed E-state index contributed by atoms with van der Waals surface area (Å²) >= 11 is 0. The number of hydrogen-bond donors (Lipinski definition) is 0. The summed E-state index contributed by atoms with van der Waals surface area (Å²) in [7, 11) is 0. The van der Waals surface area contributed by atoms with Crippen LogP contribution in [0.2, 0.25) is 0 Å². The second-order valence-corrected chi connectivity index (χ2v) is 8.79. The third-order valence-electron chi connectivity index (χ3n) is 6.72. The molecule has 1 saturated heterocycles. The average Bonchev–Trinajstić information content (AvgIpc) is 3.27. The Bertz CT molecular complexity index is 1060. The number of piperazine rings is 1. The van der Waals surface area contributed by atoms with Gasteiger partial charge in [0, 0.05) is 52.3 Å². The monoisotopic (exact) mass is 431 g/mol. The number of carbonyl (C=O) groups is 2. The Morgan fingerprint density at radius 1 is 1.06 bits per heavy atom. The van der Waals surface area contributed by atoms with E-state index in [4.69, 9.17) is 4.74 Å². The molecule has 2 aromatic carbocycles. The van der Waals surface area contributed by atoms with Crippen molar-refractivity contribution in [2.45, 2.75) is 32.4 Å². The molecule has 3 aliphatic heterocycles. The first-order chi connectivity index (χ1) is 15.6. The first-order valence-electron chi connectivity index (χ1n) is 11.4. The molecule has 32 heavy (non-hydrogen) atoms. The van der Waals surface area contributed by atoms with Crippen molar-refractivity contribution >= 4 is 17.9 Å². The van der Waals surface area contributed by atoms with Gasteiger partial charge >= 0.3 is 0 Å². The second kappa shape index (κ2) is 8.79. The highest BCUT2D eigenvalue weighted by Gasteiger charge is 2.31. The van der Waals surface area contributed by atoms with Crippen LogP contribution in [0.3, 0.4) is 0 Å². The van der Waals surface area contributed by atoms with Gasteiger partial charge in [0.25, 0.3) is 0 Å². The van der Waals surface area contributed by atoms with Gasteiger partial charge in [-0.1, -0.05) is 36.4 Å². The number of fused-ring (bicyclic) bond motifs is 2. The van der Waals surface area contributed by atoms with Crippen LogP contribution in [0.5, 0.6) is 5.75 Å². The van der Waals surface area contributed by atoms with Crippen LogP contribution in [0.15, 0.2) is 48.7 Å². The summed E-state index contributed by atoms with van der Waals surface area (Å²) in [6, 6.07) is 14.2. The molecule has 2 amide bonds. The van der Waals surface area contributed by atoms with Crippen LogP contribution in [0.25, 0.3) is 6.08 Å². The van der Waals surface area contributed by atoms with Crippen LogP contribution in [0, 0.1) is 0 Å². The van der Waals surface area contributed by atoms with Crippen molar-refractivity contribution in [3.63, 3.8) is 0 Å². The zero-order chi connectivity index (χ0) is 22.1. The lowest BCUT2D eigenvalue weighted by atomic mass is 9.93. The lowest BCUT2D eigenvalue weighted by molar-refractivity contribution is -0.136. The smallest absolute Gasteiger partial charge is 0.225 e. The minimum Gasteiger partial charge on any atom is -0.493 e. The molecule has 3 aliphatic rings. The Balaban J connectivity index is 1.20. The van der Waals surface area contributed by atoms with Crippen molar-refractivity contribution in [2.75, 3.05) is 32.8 Å². The Labute approximate surface area is 189 Å². The van der Waals surface area contributed by atoms with Crippen LogP contribution in [0.4, 0.5) is 0 Å². The lowest BCUT2D eigenvalue weighted by Gasteiger charge is -2.37. The third-order valence-corrected chi connectivity index (χ3v) is 6.72. The molecule has 166 valence electrons. The molecule has 1 atom stereocenters. The first-order valence-corrected chi connectivity index (χ1v) is 11.4. The zero-order valence-electron chi connectivity index (χ0n) is 18.5. The van der Waals surface area contributed by atoms with Gasteiger partial charge in [0.05, 0.1) is 19.1 Å². The molecule has 3 heterocycles. The summed E-state index contributed by atoms with van der Waals surface area (Å²) in [5.74, 6) is 1.08. The summed E-state index contributed by atoms with van der Waals surface area (Å²) in [5, 5.41) is 0. The summed E-state index contributed by atoms with van der Waals surface area (Å²) in [4.78, 5) is 31.4. The Morgan fingerprint density at radius 3 is 2.69 bits per heavy atom. The van der Waals surface area contributed by atoms with Crippen molar-refractivity contribution in [3.05, 3.63) is 70.9 Å². The van der Waals surface area contributed by atoms with Gasteiger partial charge in [-0.25, -0.2) is 0 Å². The molecule has 6 nitrogen and oxygen atoms in total. The van der Waals surface area contributed by atoms with Gasteiger partial charge in [-0.15, -0.1) is 0 Å². The van der Waals surface area contributed by atoms with E-state index in [1.807, 2.05) is 41.4 Å². The molecule has 0 spiro atoms. The summed E-state index contributed by atoms with van der Waals surface area (Å²) < 4.78 is 5.60. The maximum Gasteiger partial charge on any atom is 0.225 e. The summed E-state index contributed by atoms with van der Waals surface area (Å²) in [5.41, 5.74) is 4.72. The van der Waals surface area contributed by atoms with Crippen LogP contribution in [0.1, 0.15) is 41.6 Å². The Morgan fingerprint density at radius 2 is 1.88 bits per heavy atom. The fourth-order valence-corrected chi connectivity index (χ4v) is 4.96. The normalized spacial score (nSPS) is 20.0. The maximum atomic E-state index is 13.2. The van der Waals surface area contributed by atoms with E-state index in [-0.39, 0.29) is 17.9 Å². The Kier molecular flexibility index (Phi) is 5.70. The molecule has 0 aliphatic carbocycles. The minimum absolute atomic E-state index is 0.0434. The minimum atomic E-state index is -0.243. The number of rotatable bonds is 4. The average molecular weight is 432 g/mol. The summed E-state index contributed by atoms with van der Waals surface area (Å²) in [6.07, 6.45) is 5.05. The highest BCUT2D eigenvalue weighted by Crippen LogP contribution is 2.33. The van der Waals surface area contributed by atoms with Gasteiger partial charge in [0.2, 0.25) is 11.8 Å². The largest absolute Gasteiger partial charge is 0.493 e. The van der Waals surface area contributed by atoms with Crippen molar-refractivity contribution in [1.29, 1.82) is 0 Å². The van der Waals surface area contributed by atoms with Gasteiger partial charge < -0.3 is 14.5 Å². The molecular weight excluding hydrogens is 402 g/mol. The van der Waals surface area contributed by atoms with Crippen LogP contribution >= 0.6 is 0 Å². The van der Waals surface area contributed by atoms with E-state index in [0.717, 1.165) is 62.6 Å². The van der Waals surface area contributed by atoms with E-state index < -0.39 is 0 Å². The van der Waals surface area contributed by atoms with Crippen molar-refractivity contribution < 1.29 is 14.3 Å². The van der Waals surface area contributed by atoms with E-state index in [1.54, 1.807) is 11.8 Å². The Hall–Kier alpha value is -3.12. The van der Waals surface area contributed by atoms with E-state index in [2.05, 4.69) is 23.1 Å². The highest BCUT2D eigenvalue weighted by molar-refractivity contribution is 5.82. The number of amides is 2. The number of carbonyl (C=O) groups excluding carboxylic acids is 2. The fourth-order valence-electron chi connectivity index (χ4n) is 4.96. The number of nitrogens with zero attached hydrogens (tertiary/aromatic N) is 3. The van der Waals surface area contributed by atoms with Gasteiger partial charge in [-0.05, 0) is 34.4 Å². The topological polar surface area (TPSA) is 53.1 Å². The molecule has 1 fully saturated rings. The SMILES string of the molecule is CC(=O)N1C=Cc2ccccc2[C@H]1CC(=O)N1CCN(Cc2ccc3c(c2)CCO3)CC1. The maximum absolute atomic E-state index is 13.2. The third kappa shape index (κ3) is 4.15. The summed E-state index contributed by atoms with van der Waals surface area (Å²) in [6.45, 7) is 6.39. The molecule has 5 rings (SSSR count). The molecule has 6 heteroatoms. The standard InChI is InChI=1S/C26H29N3O3/c1-19(30)29-10-8-21-4-2-3-5-23(21)24(29)17-26(31)28-13-11-27(12-14-28)18-20-6-7-25-22(16-20)9-15-32-25/h2-8,10,16,24H,9,11-15,17-18H2,1H3/t24-/m1/s1. The van der Waals surface area contributed by atoms with Gasteiger partial charge in [-0.2, -0.15) is 0 Å². The lowest BCUT2D eigenvalue weighted by Crippen LogP contribution is -2.49. The molecule has 0 bridgehead atoms.